The maximum absolute atomic E-state index is 12.0. The van der Waals surface area contributed by atoms with Crippen LogP contribution in [0.4, 0.5) is 0 Å². The van der Waals surface area contributed by atoms with E-state index in [-0.39, 0.29) is 20.1 Å². The zero-order valence-electron chi connectivity index (χ0n) is 19.7. The van der Waals surface area contributed by atoms with Gasteiger partial charge in [-0.1, -0.05) is 46.0 Å². The van der Waals surface area contributed by atoms with E-state index in [0.29, 0.717) is 23.9 Å². The Morgan fingerprint density at radius 2 is 1.97 bits per heavy atom. The summed E-state index contributed by atoms with van der Waals surface area (Å²) >= 11 is 5.82. The molecule has 4 aliphatic rings. The van der Waals surface area contributed by atoms with E-state index in [4.69, 9.17) is 31.4 Å². The SMILES string of the molecule is CC.CC(C)NCc1c2c(nc3cc4c(cc13)OCO4)C1=CC3=C(COC(=O)C3O)C(=S)B1C2. The molecule has 9 heteroatoms. The fourth-order valence-electron chi connectivity index (χ4n) is 4.96. The van der Waals surface area contributed by atoms with Gasteiger partial charge in [-0.05, 0) is 39.3 Å². The van der Waals surface area contributed by atoms with E-state index < -0.39 is 12.1 Å². The number of aliphatic hydroxyl groups is 1. The van der Waals surface area contributed by atoms with Gasteiger partial charge >= 0.3 is 5.97 Å². The standard InChI is InChI=1S/C23H21BN2O5S.C2H6/c1-10(2)25-7-14-11-4-18-19(31-9-30-18)5-17(11)26-20-13(14)6-24-16(20)3-12-15(22(24)32)8-29-23(28)21(12)27;1-2/h3-5,10,21,25,27H,6-9H2,1-2H3;1-2H3. The van der Waals surface area contributed by atoms with Crippen molar-refractivity contribution < 1.29 is 24.1 Å². The highest BCUT2D eigenvalue weighted by molar-refractivity contribution is 7.85. The van der Waals surface area contributed by atoms with Crippen molar-refractivity contribution in [1.29, 1.82) is 0 Å². The van der Waals surface area contributed by atoms with E-state index in [0.717, 1.165) is 50.0 Å². The topological polar surface area (TPSA) is 89.9 Å². The third-order valence-electron chi connectivity index (χ3n) is 6.59. The predicted molar refractivity (Wildman–Crippen MR) is 135 cm³/mol. The number of nitrogens with one attached hydrogen (secondary N) is 1. The van der Waals surface area contributed by atoms with Crippen LogP contribution in [0.25, 0.3) is 16.4 Å². The smallest absolute Gasteiger partial charge is 0.339 e. The number of benzene rings is 1. The number of carbonyl (C=O) groups is 1. The molecule has 0 saturated carbocycles. The van der Waals surface area contributed by atoms with Gasteiger partial charge in [0.15, 0.2) is 17.6 Å². The Kier molecular flexibility index (Phi) is 5.96. The quantitative estimate of drug-likeness (QED) is 0.395. The number of carbonyl (C=O) groups excluding carboxylic acids is 1. The molecule has 4 aliphatic heterocycles. The summed E-state index contributed by atoms with van der Waals surface area (Å²) in [6.07, 6.45) is 1.32. The van der Waals surface area contributed by atoms with Crippen LogP contribution in [0.3, 0.4) is 0 Å². The van der Waals surface area contributed by atoms with Gasteiger partial charge in [-0.3, -0.25) is 0 Å². The number of thiocarbonyl (C=S) groups is 1. The fraction of sp³-hybridized carbons (Fsp3) is 0.400. The summed E-state index contributed by atoms with van der Waals surface area (Å²) in [5.74, 6) is 0.776. The van der Waals surface area contributed by atoms with Gasteiger partial charge < -0.3 is 24.6 Å². The zero-order chi connectivity index (χ0) is 24.1. The van der Waals surface area contributed by atoms with Gasteiger partial charge in [0.2, 0.25) is 13.5 Å². The molecular weight excluding hydrogens is 451 g/mol. The van der Waals surface area contributed by atoms with Gasteiger partial charge in [0.05, 0.1) is 11.2 Å². The van der Waals surface area contributed by atoms with Crippen molar-refractivity contribution in [3.05, 3.63) is 46.2 Å². The maximum atomic E-state index is 12.0. The Bertz CT molecular complexity index is 1290. The molecule has 0 fully saturated rings. The second-order valence-corrected chi connectivity index (χ2v) is 9.28. The van der Waals surface area contributed by atoms with Crippen LogP contribution in [0.1, 0.15) is 44.5 Å². The Hall–Kier alpha value is -2.75. The van der Waals surface area contributed by atoms with Gasteiger partial charge in [-0.15, -0.1) is 0 Å². The van der Waals surface area contributed by atoms with E-state index >= 15 is 0 Å². The first-order chi connectivity index (χ1) is 16.4. The molecule has 0 bridgehead atoms. The largest absolute Gasteiger partial charge is 0.459 e. The van der Waals surface area contributed by atoms with Crippen LogP contribution in [0, 0.1) is 0 Å². The second kappa shape index (κ2) is 8.80. The molecule has 6 rings (SSSR count). The van der Waals surface area contributed by atoms with Crippen molar-refractivity contribution in [1.82, 2.24) is 10.3 Å². The average molecular weight is 478 g/mol. The Balaban J connectivity index is 0.00000117. The van der Waals surface area contributed by atoms with Crippen LogP contribution in [0.2, 0.25) is 0 Å². The summed E-state index contributed by atoms with van der Waals surface area (Å²) in [5, 5.41) is 15.0. The number of hydrogen-bond acceptors (Lipinski definition) is 8. The first-order valence-corrected chi connectivity index (χ1v) is 12.2. The molecule has 0 saturated heterocycles. The average Bonchev–Trinajstić information content (AvgIpc) is 3.44. The molecule has 0 spiro atoms. The number of esters is 1. The molecule has 7 nitrogen and oxygen atoms in total. The van der Waals surface area contributed by atoms with Crippen LogP contribution >= 0.6 is 12.2 Å². The van der Waals surface area contributed by atoms with Crippen molar-refractivity contribution in [2.24, 2.45) is 0 Å². The summed E-state index contributed by atoms with van der Waals surface area (Å²) in [5.41, 5.74) is 6.26. The summed E-state index contributed by atoms with van der Waals surface area (Å²) < 4.78 is 17.1. The van der Waals surface area contributed by atoms with Crippen molar-refractivity contribution in [2.75, 3.05) is 13.4 Å². The molecule has 1 aromatic carbocycles. The summed E-state index contributed by atoms with van der Waals surface area (Å²) in [7, 11) is 0. The summed E-state index contributed by atoms with van der Waals surface area (Å²) in [6, 6.07) is 4.25. The van der Waals surface area contributed by atoms with E-state index in [9.17, 15) is 9.90 Å². The lowest BCUT2D eigenvalue weighted by molar-refractivity contribution is -0.151. The molecule has 1 aromatic heterocycles. The third kappa shape index (κ3) is 3.54. The number of ether oxygens (including phenoxy) is 3. The monoisotopic (exact) mass is 478 g/mol. The Morgan fingerprint density at radius 3 is 2.71 bits per heavy atom. The number of aliphatic hydroxyl groups excluding tert-OH is 1. The highest BCUT2D eigenvalue weighted by Crippen LogP contribution is 2.44. The number of hydrogen-bond donors (Lipinski definition) is 2. The van der Waals surface area contributed by atoms with Crippen LogP contribution in [-0.2, 0) is 22.4 Å². The summed E-state index contributed by atoms with van der Waals surface area (Å²) in [4.78, 5) is 17.0. The molecule has 0 radical (unpaired) electrons. The van der Waals surface area contributed by atoms with Gasteiger partial charge in [-0.25, -0.2) is 9.78 Å². The van der Waals surface area contributed by atoms with E-state index in [1.54, 1.807) is 0 Å². The molecule has 34 heavy (non-hydrogen) atoms. The van der Waals surface area contributed by atoms with Crippen LogP contribution in [-0.4, -0.2) is 53.1 Å². The van der Waals surface area contributed by atoms with Gasteiger partial charge in [0.25, 0.3) is 0 Å². The molecule has 0 aliphatic carbocycles. The number of rotatable bonds is 3. The first-order valence-electron chi connectivity index (χ1n) is 11.7. The number of fused-ring (bicyclic) bond motifs is 5. The van der Waals surface area contributed by atoms with Gasteiger partial charge in [0, 0.05) is 29.6 Å². The molecular formula is C25H27BN2O5S. The minimum absolute atomic E-state index is 0.0239. The Morgan fingerprint density at radius 1 is 1.24 bits per heavy atom. The lowest BCUT2D eigenvalue weighted by Crippen LogP contribution is -2.40. The van der Waals surface area contributed by atoms with Gasteiger partial charge in [0.1, 0.15) is 6.61 Å². The van der Waals surface area contributed by atoms with Gasteiger partial charge in [-0.2, -0.15) is 0 Å². The van der Waals surface area contributed by atoms with Crippen molar-refractivity contribution in [3.63, 3.8) is 0 Å². The van der Waals surface area contributed by atoms with Crippen molar-refractivity contribution in [2.45, 2.75) is 52.7 Å². The van der Waals surface area contributed by atoms with E-state index in [1.165, 1.54) is 5.56 Å². The summed E-state index contributed by atoms with van der Waals surface area (Å²) in [6.45, 7) is 9.21. The van der Waals surface area contributed by atoms with Crippen molar-refractivity contribution in [3.8, 4) is 11.5 Å². The first kappa shape index (κ1) is 23.0. The second-order valence-electron chi connectivity index (χ2n) is 8.84. The van der Waals surface area contributed by atoms with Crippen molar-refractivity contribution >= 4 is 46.0 Å². The van der Waals surface area contributed by atoms with Crippen LogP contribution in [0.15, 0.2) is 29.4 Å². The molecule has 1 unspecified atom stereocenters. The maximum Gasteiger partial charge on any atom is 0.339 e. The number of aromatic nitrogens is 1. The minimum atomic E-state index is -1.31. The zero-order valence-corrected chi connectivity index (χ0v) is 20.5. The van der Waals surface area contributed by atoms with Crippen LogP contribution in [0.5, 0.6) is 11.5 Å². The van der Waals surface area contributed by atoms with E-state index in [2.05, 4.69) is 19.2 Å². The number of nitrogens with zero attached hydrogens (tertiary/aromatic N) is 1. The fourth-order valence-corrected chi connectivity index (χ4v) is 5.35. The molecule has 5 heterocycles. The third-order valence-corrected chi connectivity index (χ3v) is 7.12. The number of cyclic esters (lactones) is 1. The highest BCUT2D eigenvalue weighted by Gasteiger charge is 2.44. The molecule has 176 valence electrons. The Labute approximate surface area is 204 Å². The minimum Gasteiger partial charge on any atom is -0.459 e. The van der Waals surface area contributed by atoms with E-state index in [1.807, 2.05) is 32.1 Å². The normalized spacial score (nSPS) is 20.0. The molecule has 0 amide bonds. The molecule has 1 atom stereocenters. The predicted octanol–water partition coefficient (Wildman–Crippen LogP) is 3.14. The molecule has 2 N–H and O–H groups in total. The number of pyridine rings is 1. The lowest BCUT2D eigenvalue weighted by atomic mass is 9.39. The molecule has 2 aromatic rings. The van der Waals surface area contributed by atoms with Crippen LogP contribution < -0.4 is 14.8 Å². The lowest BCUT2D eigenvalue weighted by Gasteiger charge is -2.29. The highest BCUT2D eigenvalue weighted by atomic mass is 32.1.